The Hall–Kier alpha value is -1.26. The topological polar surface area (TPSA) is 9.23 Å². The van der Waals surface area contributed by atoms with Gasteiger partial charge in [-0.15, -0.1) is 0 Å². The Labute approximate surface area is 159 Å². The van der Waals surface area contributed by atoms with Gasteiger partial charge in [-0.1, -0.05) is 38.3 Å². The third-order valence-corrected chi connectivity index (χ3v) is 6.77. The molecule has 0 spiro atoms. The lowest BCUT2D eigenvalue weighted by atomic mass is 9.68. The molecule has 0 N–H and O–H groups in total. The van der Waals surface area contributed by atoms with Crippen LogP contribution in [0.2, 0.25) is 0 Å². The summed E-state index contributed by atoms with van der Waals surface area (Å²) in [4.78, 5) is 0. The molecule has 0 aliphatic heterocycles. The maximum Gasteiger partial charge on any atom is 0.461 e. The lowest BCUT2D eigenvalue weighted by molar-refractivity contribution is -0.253. The van der Waals surface area contributed by atoms with Gasteiger partial charge in [-0.25, -0.2) is 0 Å². The van der Waals surface area contributed by atoms with E-state index in [1.54, 1.807) is 12.1 Å². The van der Waals surface area contributed by atoms with Gasteiger partial charge >= 0.3 is 12.5 Å². The second-order valence-electron chi connectivity index (χ2n) is 8.33. The predicted octanol–water partition coefficient (Wildman–Crippen LogP) is 7.41. The Morgan fingerprint density at radius 2 is 1.41 bits per heavy atom. The molecule has 27 heavy (non-hydrogen) atoms. The van der Waals surface area contributed by atoms with Crippen LogP contribution >= 0.6 is 0 Å². The summed E-state index contributed by atoms with van der Waals surface area (Å²) < 4.78 is 54.6. The number of rotatable bonds is 6. The quantitative estimate of drug-likeness (QED) is 0.462. The van der Waals surface area contributed by atoms with Crippen molar-refractivity contribution >= 4 is 0 Å². The number of ether oxygens (including phenoxy) is 1. The third kappa shape index (κ3) is 5.17. The van der Waals surface area contributed by atoms with E-state index in [9.17, 15) is 17.6 Å². The summed E-state index contributed by atoms with van der Waals surface area (Å²) in [6.45, 7) is 2.29. The molecule has 1 aromatic rings. The van der Waals surface area contributed by atoms with E-state index in [-0.39, 0.29) is 5.75 Å². The van der Waals surface area contributed by atoms with Crippen molar-refractivity contribution in [2.75, 3.05) is 0 Å². The fourth-order valence-corrected chi connectivity index (χ4v) is 5.00. The zero-order chi connectivity index (χ0) is 19.4. The van der Waals surface area contributed by atoms with Gasteiger partial charge in [0.2, 0.25) is 0 Å². The molecule has 0 atom stereocenters. The first-order valence-electron chi connectivity index (χ1n) is 10.3. The minimum Gasteiger partial charge on any atom is -0.428 e. The second-order valence-corrected chi connectivity index (χ2v) is 8.33. The van der Waals surface area contributed by atoms with Crippen LogP contribution < -0.4 is 4.74 Å². The van der Waals surface area contributed by atoms with Gasteiger partial charge in [0.15, 0.2) is 0 Å². The fourth-order valence-electron chi connectivity index (χ4n) is 5.00. The highest BCUT2D eigenvalue weighted by Crippen LogP contribution is 2.44. The van der Waals surface area contributed by atoms with Gasteiger partial charge < -0.3 is 4.74 Å². The Bertz CT molecular complexity index is 570. The normalized spacial score (nSPS) is 29.7. The minimum atomic E-state index is -4.45. The van der Waals surface area contributed by atoms with Gasteiger partial charge in [0, 0.05) is 0 Å². The summed E-state index contributed by atoms with van der Waals surface area (Å²) in [5, 5.41) is 0. The third-order valence-electron chi connectivity index (χ3n) is 6.77. The molecule has 0 saturated heterocycles. The Morgan fingerprint density at radius 1 is 0.889 bits per heavy atom. The molecule has 2 fully saturated rings. The van der Waals surface area contributed by atoms with Crippen LogP contribution in [-0.2, 0) is 0 Å². The SMILES string of the molecule is CCC1CCC(C2CCC(c3ccc(OC(F)(F)C(F)F)cc3)CC2)CC1. The van der Waals surface area contributed by atoms with Crippen LogP contribution in [0.3, 0.4) is 0 Å². The largest absolute Gasteiger partial charge is 0.461 e. The van der Waals surface area contributed by atoms with E-state index in [1.807, 2.05) is 0 Å². The van der Waals surface area contributed by atoms with Crippen molar-refractivity contribution in [3.05, 3.63) is 29.8 Å². The molecule has 0 radical (unpaired) electrons. The molecule has 2 aliphatic rings. The van der Waals surface area contributed by atoms with Crippen molar-refractivity contribution < 1.29 is 22.3 Å². The second kappa shape index (κ2) is 8.83. The summed E-state index contributed by atoms with van der Waals surface area (Å²) in [5.41, 5.74) is 1.09. The van der Waals surface area contributed by atoms with E-state index < -0.39 is 12.5 Å². The summed E-state index contributed by atoms with van der Waals surface area (Å²) in [6.07, 6.45) is 3.23. The van der Waals surface area contributed by atoms with Crippen molar-refractivity contribution in [3.63, 3.8) is 0 Å². The molecule has 5 heteroatoms. The van der Waals surface area contributed by atoms with Crippen LogP contribution in [0, 0.1) is 17.8 Å². The number of hydrogen-bond acceptors (Lipinski definition) is 1. The first-order valence-corrected chi connectivity index (χ1v) is 10.3. The van der Waals surface area contributed by atoms with Crippen molar-refractivity contribution in [2.24, 2.45) is 17.8 Å². The van der Waals surface area contributed by atoms with Crippen molar-refractivity contribution in [3.8, 4) is 5.75 Å². The minimum absolute atomic E-state index is 0.217. The van der Waals surface area contributed by atoms with Gasteiger partial charge in [-0.05, 0) is 79.9 Å². The lowest BCUT2D eigenvalue weighted by Gasteiger charge is -2.38. The highest BCUT2D eigenvalue weighted by molar-refractivity contribution is 5.30. The van der Waals surface area contributed by atoms with Crippen LogP contribution in [0.4, 0.5) is 17.6 Å². The summed E-state index contributed by atoms with van der Waals surface area (Å²) in [6, 6.07) is 6.25. The van der Waals surface area contributed by atoms with Crippen LogP contribution in [0.25, 0.3) is 0 Å². The van der Waals surface area contributed by atoms with E-state index in [1.165, 1.54) is 57.1 Å². The van der Waals surface area contributed by atoms with Gasteiger partial charge in [0.05, 0.1) is 0 Å². The molecule has 0 aromatic heterocycles. The Balaban J connectivity index is 1.49. The average molecular weight is 386 g/mol. The molecule has 0 unspecified atom stereocenters. The summed E-state index contributed by atoms with van der Waals surface area (Å²) in [5.74, 6) is 2.84. The number of halogens is 4. The van der Waals surface area contributed by atoms with Crippen LogP contribution in [-0.4, -0.2) is 12.5 Å². The van der Waals surface area contributed by atoms with Crippen molar-refractivity contribution in [1.29, 1.82) is 0 Å². The molecule has 0 amide bonds. The standard InChI is InChI=1S/C22H30F4O/c1-2-15-3-5-16(6-4-15)17-7-9-18(10-8-17)19-11-13-20(14-12-19)27-22(25,26)21(23)24/h11-18,21H,2-10H2,1H3. The van der Waals surface area contributed by atoms with Gasteiger partial charge in [0.25, 0.3) is 0 Å². The van der Waals surface area contributed by atoms with Gasteiger partial charge in [-0.3, -0.25) is 0 Å². The Kier molecular flexibility index (Phi) is 6.69. The number of alkyl halides is 4. The first-order chi connectivity index (χ1) is 12.9. The van der Waals surface area contributed by atoms with E-state index in [0.29, 0.717) is 5.92 Å². The molecule has 2 saturated carbocycles. The average Bonchev–Trinajstić information content (AvgIpc) is 2.68. The van der Waals surface area contributed by atoms with Crippen molar-refractivity contribution in [2.45, 2.75) is 83.2 Å². The monoisotopic (exact) mass is 386 g/mol. The highest BCUT2D eigenvalue weighted by Gasteiger charge is 2.44. The molecular formula is C22H30F4O. The maximum atomic E-state index is 13.0. The van der Waals surface area contributed by atoms with Crippen LogP contribution in [0.5, 0.6) is 5.75 Å². The zero-order valence-electron chi connectivity index (χ0n) is 16.0. The molecule has 0 heterocycles. The zero-order valence-corrected chi connectivity index (χ0v) is 16.0. The van der Waals surface area contributed by atoms with Gasteiger partial charge in [0.1, 0.15) is 5.75 Å². The molecule has 3 rings (SSSR count). The highest BCUT2D eigenvalue weighted by atomic mass is 19.3. The summed E-state index contributed by atoms with van der Waals surface area (Å²) in [7, 11) is 0. The van der Waals surface area contributed by atoms with Crippen LogP contribution in [0.1, 0.15) is 76.2 Å². The predicted molar refractivity (Wildman–Crippen MR) is 98.5 cm³/mol. The fraction of sp³-hybridized carbons (Fsp3) is 0.727. The van der Waals surface area contributed by atoms with Gasteiger partial charge in [-0.2, -0.15) is 17.6 Å². The number of benzene rings is 1. The first kappa shape index (κ1) is 20.5. The number of hydrogen-bond donors (Lipinski definition) is 0. The maximum absolute atomic E-state index is 13.0. The molecular weight excluding hydrogens is 356 g/mol. The Morgan fingerprint density at radius 3 is 1.89 bits per heavy atom. The van der Waals surface area contributed by atoms with E-state index in [0.717, 1.165) is 36.2 Å². The van der Waals surface area contributed by atoms with E-state index >= 15 is 0 Å². The smallest absolute Gasteiger partial charge is 0.428 e. The van der Waals surface area contributed by atoms with Crippen molar-refractivity contribution in [1.82, 2.24) is 0 Å². The molecule has 1 nitrogen and oxygen atoms in total. The molecule has 0 bridgehead atoms. The molecule has 1 aromatic carbocycles. The lowest BCUT2D eigenvalue weighted by Crippen LogP contribution is -2.33. The molecule has 152 valence electrons. The van der Waals surface area contributed by atoms with E-state index in [2.05, 4.69) is 11.7 Å². The van der Waals surface area contributed by atoms with E-state index in [4.69, 9.17) is 0 Å². The molecule has 2 aliphatic carbocycles. The summed E-state index contributed by atoms with van der Waals surface area (Å²) >= 11 is 0. The van der Waals surface area contributed by atoms with Crippen LogP contribution in [0.15, 0.2) is 24.3 Å².